The van der Waals surface area contributed by atoms with Crippen LogP contribution in [0.15, 0.2) is 47.5 Å². The van der Waals surface area contributed by atoms with Gasteiger partial charge in [-0.1, -0.05) is 24.3 Å². The Morgan fingerprint density at radius 3 is 2.40 bits per heavy atom. The average molecular weight is 281 g/mol. The summed E-state index contributed by atoms with van der Waals surface area (Å²) in [5.41, 5.74) is 4.33. The van der Waals surface area contributed by atoms with E-state index >= 15 is 0 Å². The van der Waals surface area contributed by atoms with Crippen molar-refractivity contribution in [1.29, 1.82) is 0 Å². The van der Waals surface area contributed by atoms with Crippen LogP contribution in [0, 0.1) is 4.77 Å². The third-order valence-electron chi connectivity index (χ3n) is 2.93. The Bertz CT molecular complexity index is 843. The largest absolute Gasteiger partial charge is 0.331 e. The van der Waals surface area contributed by atoms with E-state index in [9.17, 15) is 4.79 Å². The Morgan fingerprint density at radius 2 is 1.65 bits per heavy atom. The third-order valence-corrected chi connectivity index (χ3v) is 3.14. The molecule has 0 fully saturated rings. The number of fused-ring (bicyclic) bond motifs is 1. The van der Waals surface area contributed by atoms with E-state index in [1.165, 1.54) is 0 Å². The lowest BCUT2D eigenvalue weighted by atomic mass is 10.2. The number of benzene rings is 2. The summed E-state index contributed by atoms with van der Waals surface area (Å²) in [6.45, 7) is 0. The molecule has 1 heterocycles. The minimum absolute atomic E-state index is 0.602. The van der Waals surface area contributed by atoms with Crippen LogP contribution in [0.1, 0.15) is 15.9 Å². The highest BCUT2D eigenvalue weighted by molar-refractivity contribution is 7.71. The zero-order chi connectivity index (χ0) is 13.9. The van der Waals surface area contributed by atoms with Gasteiger partial charge in [0.25, 0.3) is 0 Å². The van der Waals surface area contributed by atoms with Gasteiger partial charge in [0.05, 0.1) is 16.7 Å². The number of hydrogen-bond donors (Lipinski definition) is 2. The van der Waals surface area contributed by atoms with Gasteiger partial charge in [-0.25, -0.2) is 0 Å². The molecule has 2 aromatic carbocycles. The molecular formula is C15H11N3OS. The Balaban J connectivity index is 1.88. The van der Waals surface area contributed by atoms with Crippen molar-refractivity contribution in [3.05, 3.63) is 58.4 Å². The molecule has 0 atom stereocenters. The van der Waals surface area contributed by atoms with Gasteiger partial charge in [-0.15, -0.1) is 0 Å². The summed E-state index contributed by atoms with van der Waals surface area (Å²) in [6.07, 6.45) is 2.58. The maximum absolute atomic E-state index is 10.6. The molecule has 3 aromatic rings. The van der Waals surface area contributed by atoms with Gasteiger partial charge in [-0.3, -0.25) is 9.79 Å². The molecule has 0 saturated carbocycles. The molecule has 0 unspecified atom stereocenters. The number of aromatic nitrogens is 2. The minimum atomic E-state index is 0.602. The van der Waals surface area contributed by atoms with Crippen LogP contribution in [-0.4, -0.2) is 22.5 Å². The van der Waals surface area contributed by atoms with E-state index in [0.29, 0.717) is 10.3 Å². The highest BCUT2D eigenvalue weighted by Gasteiger charge is 1.97. The SMILES string of the molecule is O=Cc1ccc(C=Nc2ccc3[nH]c(=S)[nH]c3c2)cc1. The van der Waals surface area contributed by atoms with Crippen molar-refractivity contribution in [1.82, 2.24) is 9.97 Å². The summed E-state index contributed by atoms with van der Waals surface area (Å²) in [5.74, 6) is 0. The number of rotatable bonds is 3. The van der Waals surface area contributed by atoms with Crippen LogP contribution < -0.4 is 0 Å². The molecule has 20 heavy (non-hydrogen) atoms. The first kappa shape index (κ1) is 12.5. The van der Waals surface area contributed by atoms with Crippen LogP contribution in [0.3, 0.4) is 0 Å². The standard InChI is InChI=1S/C15H11N3OS/c19-9-11-3-1-10(2-4-11)8-16-12-5-6-13-14(7-12)18-15(20)17-13/h1-9H,(H2,17,18,20). The number of hydrogen-bond acceptors (Lipinski definition) is 3. The van der Waals surface area contributed by atoms with Crippen LogP contribution >= 0.6 is 12.2 Å². The molecule has 0 spiro atoms. The number of carbonyl (C=O) groups excluding carboxylic acids is 1. The molecule has 5 heteroatoms. The molecule has 98 valence electrons. The highest BCUT2D eigenvalue weighted by atomic mass is 32.1. The van der Waals surface area contributed by atoms with Gasteiger partial charge in [0.1, 0.15) is 6.29 Å². The van der Waals surface area contributed by atoms with Crippen molar-refractivity contribution < 1.29 is 4.79 Å². The molecule has 0 saturated heterocycles. The minimum Gasteiger partial charge on any atom is -0.331 e. The van der Waals surface area contributed by atoms with Crippen molar-refractivity contribution in [2.24, 2.45) is 4.99 Å². The lowest BCUT2D eigenvalue weighted by molar-refractivity contribution is 0.112. The molecular weight excluding hydrogens is 270 g/mol. The Labute approximate surface area is 120 Å². The van der Waals surface area contributed by atoms with E-state index < -0.39 is 0 Å². The summed E-state index contributed by atoms with van der Waals surface area (Å²) >= 11 is 5.04. The van der Waals surface area contributed by atoms with Crippen LogP contribution in [0.25, 0.3) is 11.0 Å². The van der Waals surface area contributed by atoms with Gasteiger partial charge in [0.15, 0.2) is 4.77 Å². The van der Waals surface area contributed by atoms with E-state index in [-0.39, 0.29) is 0 Å². The zero-order valence-corrected chi connectivity index (χ0v) is 11.3. The van der Waals surface area contributed by atoms with Gasteiger partial charge in [-0.05, 0) is 36.0 Å². The van der Waals surface area contributed by atoms with Gasteiger partial charge >= 0.3 is 0 Å². The smallest absolute Gasteiger partial charge is 0.175 e. The number of nitrogens with one attached hydrogen (secondary N) is 2. The van der Waals surface area contributed by atoms with Gasteiger partial charge in [0, 0.05) is 11.8 Å². The fourth-order valence-corrected chi connectivity index (χ4v) is 2.13. The molecule has 3 rings (SSSR count). The lowest BCUT2D eigenvalue weighted by Gasteiger charge is -1.96. The molecule has 0 amide bonds. The predicted octanol–water partition coefficient (Wildman–Crippen LogP) is 3.79. The summed E-state index contributed by atoms with van der Waals surface area (Å²) in [5, 5.41) is 0. The topological polar surface area (TPSA) is 61.0 Å². The molecule has 1 aromatic heterocycles. The number of carbonyl (C=O) groups is 1. The van der Waals surface area contributed by atoms with E-state index in [1.807, 2.05) is 30.3 Å². The maximum atomic E-state index is 10.6. The monoisotopic (exact) mass is 281 g/mol. The first-order valence-corrected chi connectivity index (χ1v) is 6.47. The van der Waals surface area contributed by atoms with Crippen molar-refractivity contribution in [3.63, 3.8) is 0 Å². The van der Waals surface area contributed by atoms with Crippen LogP contribution in [0.5, 0.6) is 0 Å². The third kappa shape index (κ3) is 2.57. The number of aldehydes is 1. The van der Waals surface area contributed by atoms with Gasteiger partial charge < -0.3 is 9.97 Å². The zero-order valence-electron chi connectivity index (χ0n) is 10.5. The first-order valence-electron chi connectivity index (χ1n) is 6.06. The van der Waals surface area contributed by atoms with E-state index in [4.69, 9.17) is 12.2 Å². The summed E-state index contributed by atoms with van der Waals surface area (Å²) < 4.78 is 0.602. The molecule has 0 aliphatic rings. The summed E-state index contributed by atoms with van der Waals surface area (Å²) in [7, 11) is 0. The molecule has 0 bridgehead atoms. The molecule has 0 aliphatic carbocycles. The second-order valence-electron chi connectivity index (χ2n) is 4.35. The number of H-pyrrole nitrogens is 2. The molecule has 4 nitrogen and oxygen atoms in total. The summed E-state index contributed by atoms with van der Waals surface area (Å²) in [6, 6.07) is 13.0. The number of imidazole rings is 1. The van der Waals surface area contributed by atoms with Crippen molar-refractivity contribution in [2.75, 3.05) is 0 Å². The second-order valence-corrected chi connectivity index (χ2v) is 4.76. The predicted molar refractivity (Wildman–Crippen MR) is 82.6 cm³/mol. The fraction of sp³-hybridized carbons (Fsp3) is 0. The maximum Gasteiger partial charge on any atom is 0.175 e. The summed E-state index contributed by atoms with van der Waals surface area (Å²) in [4.78, 5) is 21.1. The number of aliphatic imine (C=N–C) groups is 1. The molecule has 2 N–H and O–H groups in total. The highest BCUT2D eigenvalue weighted by Crippen LogP contribution is 2.18. The lowest BCUT2D eigenvalue weighted by Crippen LogP contribution is -1.83. The first-order chi connectivity index (χ1) is 9.74. The van der Waals surface area contributed by atoms with Crippen molar-refractivity contribution in [2.45, 2.75) is 0 Å². The Morgan fingerprint density at radius 1 is 0.950 bits per heavy atom. The quantitative estimate of drug-likeness (QED) is 0.436. The van der Waals surface area contributed by atoms with Crippen LogP contribution in [-0.2, 0) is 0 Å². The van der Waals surface area contributed by atoms with E-state index in [2.05, 4.69) is 15.0 Å². The average Bonchev–Trinajstić information content (AvgIpc) is 2.85. The number of aromatic amines is 2. The van der Waals surface area contributed by atoms with Gasteiger partial charge in [-0.2, -0.15) is 0 Å². The molecule has 0 radical (unpaired) electrons. The van der Waals surface area contributed by atoms with E-state index in [1.54, 1.807) is 18.3 Å². The van der Waals surface area contributed by atoms with Gasteiger partial charge in [0.2, 0.25) is 0 Å². The van der Waals surface area contributed by atoms with Crippen molar-refractivity contribution >= 4 is 41.4 Å². The van der Waals surface area contributed by atoms with Crippen LogP contribution in [0.2, 0.25) is 0 Å². The van der Waals surface area contributed by atoms with E-state index in [0.717, 1.165) is 28.6 Å². The fourth-order valence-electron chi connectivity index (χ4n) is 1.91. The van der Waals surface area contributed by atoms with Crippen LogP contribution in [0.4, 0.5) is 5.69 Å². The van der Waals surface area contributed by atoms with Crippen molar-refractivity contribution in [3.8, 4) is 0 Å². The molecule has 0 aliphatic heterocycles. The normalized spacial score (nSPS) is 11.2. The number of nitrogens with zero attached hydrogens (tertiary/aromatic N) is 1. The Kier molecular flexibility index (Phi) is 3.26. The second kappa shape index (κ2) is 5.22. The Hall–Kier alpha value is -2.53.